The zero-order valence-corrected chi connectivity index (χ0v) is 23.3. The number of H-pyrrole nitrogens is 1. The Hall–Kier alpha value is -3.74. The van der Waals surface area contributed by atoms with E-state index in [1.54, 1.807) is 24.3 Å². The zero-order chi connectivity index (χ0) is 29.8. The van der Waals surface area contributed by atoms with Crippen molar-refractivity contribution < 1.29 is 37.8 Å². The van der Waals surface area contributed by atoms with Gasteiger partial charge in [-0.2, -0.15) is 0 Å². The Kier molecular flexibility index (Phi) is 7.11. The molecule has 11 nitrogen and oxygen atoms in total. The summed E-state index contributed by atoms with van der Waals surface area (Å²) in [6.45, 7) is 0.204. The summed E-state index contributed by atoms with van der Waals surface area (Å²) >= 11 is 0. The number of halogens is 2. The van der Waals surface area contributed by atoms with Crippen LogP contribution < -0.4 is 20.7 Å². The van der Waals surface area contributed by atoms with Gasteiger partial charge in [-0.1, -0.05) is 6.07 Å². The highest BCUT2D eigenvalue weighted by atomic mass is 19.3. The summed E-state index contributed by atoms with van der Waals surface area (Å²) in [6.07, 6.45) is 0.425. The summed E-state index contributed by atoms with van der Waals surface area (Å²) in [5.74, 6) is -5.33. The Morgan fingerprint density at radius 3 is 2.67 bits per heavy atom. The Balaban J connectivity index is 1.25. The van der Waals surface area contributed by atoms with E-state index in [4.69, 9.17) is 4.74 Å². The molecule has 6 rings (SSSR count). The van der Waals surface area contributed by atoms with E-state index in [9.17, 15) is 33.1 Å². The van der Waals surface area contributed by atoms with Gasteiger partial charge in [-0.15, -0.1) is 0 Å². The number of piperidine rings is 1. The third kappa shape index (κ3) is 5.18. The molecule has 0 bridgehead atoms. The molecular formula is C29H35F2N5O6. The van der Waals surface area contributed by atoms with Crippen LogP contribution in [0.4, 0.5) is 8.78 Å². The first-order chi connectivity index (χ1) is 20.0. The predicted molar refractivity (Wildman–Crippen MR) is 146 cm³/mol. The fourth-order valence-corrected chi connectivity index (χ4v) is 6.39. The lowest BCUT2D eigenvalue weighted by Crippen LogP contribution is -2.56. The lowest BCUT2D eigenvalue weighted by molar-refractivity contribution is -0.135. The van der Waals surface area contributed by atoms with Crippen molar-refractivity contribution in [2.75, 3.05) is 20.2 Å². The largest absolute Gasteiger partial charge is 0.496 e. The van der Waals surface area contributed by atoms with Gasteiger partial charge in [-0.3, -0.25) is 19.2 Å². The molecule has 1 aromatic carbocycles. The van der Waals surface area contributed by atoms with E-state index >= 15 is 0 Å². The normalized spacial score (nSPS) is 27.8. The molecule has 3 heterocycles. The number of hydrogen-bond acceptors (Lipinski definition) is 6. The molecule has 1 aromatic heterocycles. The van der Waals surface area contributed by atoms with Gasteiger partial charge in [0.15, 0.2) is 6.10 Å². The van der Waals surface area contributed by atoms with Crippen LogP contribution in [0.1, 0.15) is 55.4 Å². The maximum absolute atomic E-state index is 14.6. The summed E-state index contributed by atoms with van der Waals surface area (Å²) in [5.41, 5.74) is -0.790. The fraction of sp³-hybridized carbons (Fsp3) is 0.586. The minimum atomic E-state index is -3.02. The second kappa shape index (κ2) is 10.5. The first-order valence-electron chi connectivity index (χ1n) is 14.4. The predicted octanol–water partition coefficient (Wildman–Crippen LogP) is 1.46. The smallest absolute Gasteiger partial charge is 0.271 e. The number of hydrogen-bond donors (Lipinski definition) is 5. The second-order valence-corrected chi connectivity index (χ2v) is 12.1. The first-order valence-corrected chi connectivity index (χ1v) is 14.4. The van der Waals surface area contributed by atoms with Gasteiger partial charge in [0, 0.05) is 42.4 Å². The summed E-state index contributed by atoms with van der Waals surface area (Å²) in [4.78, 5) is 56.9. The molecule has 4 aliphatic rings. The quantitative estimate of drug-likeness (QED) is 0.300. The molecule has 2 unspecified atom stereocenters. The van der Waals surface area contributed by atoms with Crippen molar-refractivity contribution >= 4 is 34.5 Å². The topological polar surface area (TPSA) is 153 Å². The van der Waals surface area contributed by atoms with Gasteiger partial charge in [0.1, 0.15) is 17.5 Å². The van der Waals surface area contributed by atoms with Crippen molar-refractivity contribution in [2.24, 2.45) is 11.3 Å². The fourth-order valence-electron chi connectivity index (χ4n) is 6.39. The van der Waals surface area contributed by atoms with Crippen LogP contribution in [0.5, 0.6) is 5.75 Å². The van der Waals surface area contributed by atoms with E-state index in [0.717, 1.165) is 17.7 Å². The zero-order valence-electron chi connectivity index (χ0n) is 23.3. The van der Waals surface area contributed by atoms with Gasteiger partial charge in [0.2, 0.25) is 11.8 Å². The highest BCUT2D eigenvalue weighted by Gasteiger charge is 2.75. The van der Waals surface area contributed by atoms with E-state index in [2.05, 4.69) is 20.9 Å². The number of aromatic amines is 1. The molecule has 4 amide bonds. The third-order valence-corrected chi connectivity index (χ3v) is 9.12. The van der Waals surface area contributed by atoms with Crippen molar-refractivity contribution in [1.82, 2.24) is 25.8 Å². The summed E-state index contributed by atoms with van der Waals surface area (Å²) < 4.78 is 34.5. The molecular weight excluding hydrogens is 552 g/mol. The number of nitrogens with zero attached hydrogens (tertiary/aromatic N) is 1. The van der Waals surface area contributed by atoms with E-state index in [1.165, 1.54) is 7.11 Å². The van der Waals surface area contributed by atoms with Crippen LogP contribution in [0.3, 0.4) is 0 Å². The van der Waals surface area contributed by atoms with Crippen molar-refractivity contribution in [3.05, 3.63) is 30.0 Å². The van der Waals surface area contributed by atoms with Gasteiger partial charge < -0.3 is 35.7 Å². The number of likely N-dealkylation sites (tertiary alicyclic amines) is 1. The number of ether oxygens (including phenoxy) is 1. The summed E-state index contributed by atoms with van der Waals surface area (Å²) in [5, 5.41) is 19.7. The molecule has 2 aromatic rings. The first kappa shape index (κ1) is 28.4. The molecule has 4 fully saturated rings. The number of aromatic nitrogens is 1. The van der Waals surface area contributed by atoms with Gasteiger partial charge in [0.05, 0.1) is 18.6 Å². The van der Waals surface area contributed by atoms with E-state index in [1.807, 2.05) is 0 Å². The molecule has 5 atom stereocenters. The number of methoxy groups -OCH3 is 1. The lowest BCUT2D eigenvalue weighted by Gasteiger charge is -2.31. The molecule has 42 heavy (non-hydrogen) atoms. The van der Waals surface area contributed by atoms with Crippen LogP contribution in [0.25, 0.3) is 10.9 Å². The maximum atomic E-state index is 14.6. The molecule has 1 spiro atoms. The summed E-state index contributed by atoms with van der Waals surface area (Å²) in [6, 6.07) is 4.33. The van der Waals surface area contributed by atoms with Crippen LogP contribution >= 0.6 is 0 Å². The number of benzene rings is 1. The molecule has 2 aliphatic carbocycles. The molecule has 5 N–H and O–H groups in total. The Morgan fingerprint density at radius 2 is 2.00 bits per heavy atom. The Bertz CT molecular complexity index is 1430. The van der Waals surface area contributed by atoms with Crippen LogP contribution in [0.2, 0.25) is 0 Å². The Labute approximate surface area is 240 Å². The van der Waals surface area contributed by atoms with E-state index in [0.29, 0.717) is 36.0 Å². The summed E-state index contributed by atoms with van der Waals surface area (Å²) in [7, 11) is 1.50. The molecule has 226 valence electrons. The van der Waals surface area contributed by atoms with Crippen molar-refractivity contribution in [2.45, 2.75) is 75.1 Å². The van der Waals surface area contributed by atoms with Gasteiger partial charge >= 0.3 is 0 Å². The van der Waals surface area contributed by atoms with Crippen molar-refractivity contribution in [1.29, 1.82) is 0 Å². The standard InChI is InChI=1S/C29H35F2N5O6/c1-42-22-6-2-5-18-17(22)11-20(34-18)27(41)36-14-28(13-29(28,30)31)12-21(36)25(39)35-19(10-15-4-3-9-32-24(15)38)23(37)26(40)33-16-7-8-16/h2,5-6,11,15-16,19,21,23,34,37H,3-4,7-10,12-14H2,1H3,(H,32,38)(H,33,40)(H,35,39)/t15-,19?,21-,23?,28-/m0/s1. The SMILES string of the molecule is COc1cccc2[nH]c(C(=O)N3C[C@]4(C[C@H]3C(=O)NC(C[C@@H]3CCCNC3=O)C(O)C(=O)NC3CC3)CC4(F)F)cc12. The van der Waals surface area contributed by atoms with Crippen molar-refractivity contribution in [3.8, 4) is 5.75 Å². The van der Waals surface area contributed by atoms with Crippen molar-refractivity contribution in [3.63, 3.8) is 0 Å². The lowest BCUT2D eigenvalue weighted by atomic mass is 9.89. The number of carbonyl (C=O) groups is 4. The van der Waals surface area contributed by atoms with Crippen LogP contribution in [-0.2, 0) is 14.4 Å². The third-order valence-electron chi connectivity index (χ3n) is 9.12. The number of nitrogens with one attached hydrogen (secondary N) is 4. The van der Waals surface area contributed by atoms with Crippen LogP contribution in [0, 0.1) is 11.3 Å². The highest BCUT2D eigenvalue weighted by Crippen LogP contribution is 2.66. The molecule has 2 saturated heterocycles. The van der Waals surface area contributed by atoms with Gasteiger partial charge in [-0.25, -0.2) is 8.78 Å². The number of fused-ring (bicyclic) bond motifs is 1. The monoisotopic (exact) mass is 587 g/mol. The second-order valence-electron chi connectivity index (χ2n) is 12.1. The van der Waals surface area contributed by atoms with Crippen LogP contribution in [-0.4, -0.2) is 89.0 Å². The maximum Gasteiger partial charge on any atom is 0.271 e. The molecule has 2 saturated carbocycles. The highest BCUT2D eigenvalue weighted by molar-refractivity contribution is 6.02. The number of aliphatic hydroxyl groups excluding tert-OH is 1. The van der Waals surface area contributed by atoms with Crippen LogP contribution in [0.15, 0.2) is 24.3 Å². The Morgan fingerprint density at radius 1 is 1.24 bits per heavy atom. The average molecular weight is 588 g/mol. The molecule has 13 heteroatoms. The molecule has 2 aliphatic heterocycles. The number of rotatable bonds is 9. The number of alkyl halides is 2. The van der Waals surface area contributed by atoms with Gasteiger partial charge in [0.25, 0.3) is 17.7 Å². The number of amides is 4. The number of aliphatic hydroxyl groups is 1. The van der Waals surface area contributed by atoms with Gasteiger partial charge in [-0.05, 0) is 56.7 Å². The van der Waals surface area contributed by atoms with E-state index < -0.39 is 59.6 Å². The minimum Gasteiger partial charge on any atom is -0.496 e. The van der Waals surface area contributed by atoms with E-state index in [-0.39, 0.29) is 37.0 Å². The molecule has 0 radical (unpaired) electrons. The average Bonchev–Trinajstić information content (AvgIpc) is 3.73. The number of carbonyl (C=O) groups excluding carboxylic acids is 4. The minimum absolute atomic E-state index is 0.0133.